The zero-order valence-electron chi connectivity index (χ0n) is 15.1. The number of hydrogen-bond donors (Lipinski definition) is 4. The highest BCUT2D eigenvalue weighted by Gasteiger charge is 2.33. The Morgan fingerprint density at radius 3 is 2.59 bits per heavy atom. The third-order valence-electron chi connectivity index (χ3n) is 4.62. The molecule has 2 unspecified atom stereocenters. The van der Waals surface area contributed by atoms with E-state index in [1.54, 1.807) is 19.1 Å². The van der Waals surface area contributed by atoms with E-state index in [0.717, 1.165) is 5.56 Å². The monoisotopic (exact) mass is 370 g/mol. The van der Waals surface area contributed by atoms with Crippen molar-refractivity contribution in [2.24, 2.45) is 5.92 Å². The van der Waals surface area contributed by atoms with Gasteiger partial charge in [0.25, 0.3) is 5.91 Å². The van der Waals surface area contributed by atoms with Crippen molar-refractivity contribution in [3.05, 3.63) is 71.0 Å². The van der Waals surface area contributed by atoms with Crippen molar-refractivity contribution in [2.75, 3.05) is 19.6 Å². The molecular formula is C20H23FN4O2. The van der Waals surface area contributed by atoms with Crippen LogP contribution in [0.25, 0.3) is 0 Å². The van der Waals surface area contributed by atoms with Gasteiger partial charge in [0.1, 0.15) is 5.82 Å². The number of aryl methyl sites for hydroxylation is 1. The molecule has 0 bridgehead atoms. The molecule has 2 aromatic rings. The highest BCUT2D eigenvalue weighted by atomic mass is 19.1. The molecule has 1 heterocycles. The molecule has 27 heavy (non-hydrogen) atoms. The third-order valence-corrected chi connectivity index (χ3v) is 4.62. The minimum atomic E-state index is -0.413. The fourth-order valence-electron chi connectivity index (χ4n) is 3.05. The summed E-state index contributed by atoms with van der Waals surface area (Å²) in [6.07, 6.45) is 0. The normalized spacial score (nSPS) is 18.9. The molecule has 2 aromatic carbocycles. The van der Waals surface area contributed by atoms with Crippen LogP contribution in [0.2, 0.25) is 0 Å². The van der Waals surface area contributed by atoms with E-state index in [1.165, 1.54) is 6.07 Å². The second-order valence-corrected chi connectivity index (χ2v) is 6.53. The molecule has 3 rings (SSSR count). The van der Waals surface area contributed by atoms with Gasteiger partial charge in [-0.15, -0.1) is 0 Å². The maximum atomic E-state index is 13.5. The Hall–Kier alpha value is -2.77. The Morgan fingerprint density at radius 1 is 1.11 bits per heavy atom. The van der Waals surface area contributed by atoms with Crippen LogP contribution in [0.1, 0.15) is 27.5 Å². The van der Waals surface area contributed by atoms with Crippen molar-refractivity contribution in [3.8, 4) is 0 Å². The number of nitrogens with one attached hydrogen (secondary N) is 4. The van der Waals surface area contributed by atoms with E-state index in [9.17, 15) is 14.0 Å². The Kier molecular flexibility index (Phi) is 6.16. The van der Waals surface area contributed by atoms with Crippen LogP contribution in [0.4, 0.5) is 4.39 Å². The Balaban J connectivity index is 1.46. The fourth-order valence-corrected chi connectivity index (χ4v) is 3.05. The van der Waals surface area contributed by atoms with Crippen molar-refractivity contribution in [3.63, 3.8) is 0 Å². The van der Waals surface area contributed by atoms with Gasteiger partial charge in [-0.1, -0.05) is 36.4 Å². The molecule has 142 valence electrons. The molecule has 0 spiro atoms. The second-order valence-electron chi connectivity index (χ2n) is 6.53. The first-order valence-electron chi connectivity index (χ1n) is 8.91. The van der Waals surface area contributed by atoms with Crippen molar-refractivity contribution < 1.29 is 14.0 Å². The van der Waals surface area contributed by atoms with E-state index < -0.39 is 5.82 Å². The van der Waals surface area contributed by atoms with Crippen LogP contribution in [0.5, 0.6) is 0 Å². The smallest absolute Gasteiger partial charge is 0.251 e. The standard InChI is InChI=1S/C20H23FN4O2/c1-13-7-8-15(11-17(13)21)19(26)22-9-10-23-20(27)16-12-24-25-18(16)14-5-3-2-4-6-14/h2-8,11,16,18,24-25H,9-10,12H2,1H3,(H,22,26)(H,23,27). The van der Waals surface area contributed by atoms with E-state index in [0.29, 0.717) is 18.7 Å². The summed E-state index contributed by atoms with van der Waals surface area (Å²) in [7, 11) is 0. The summed E-state index contributed by atoms with van der Waals surface area (Å²) in [4.78, 5) is 24.5. The molecule has 0 saturated carbocycles. The molecular weight excluding hydrogens is 347 g/mol. The zero-order valence-corrected chi connectivity index (χ0v) is 15.1. The lowest BCUT2D eigenvalue weighted by atomic mass is 9.94. The summed E-state index contributed by atoms with van der Waals surface area (Å²) in [5.74, 6) is -1.11. The van der Waals surface area contributed by atoms with Gasteiger partial charge < -0.3 is 10.6 Å². The Bertz CT molecular complexity index is 813. The number of hydrazine groups is 1. The SMILES string of the molecule is Cc1ccc(C(=O)NCCNC(=O)C2CNNC2c2ccccc2)cc1F. The number of amides is 2. The molecule has 1 aliphatic heterocycles. The van der Waals surface area contributed by atoms with E-state index in [4.69, 9.17) is 0 Å². The lowest BCUT2D eigenvalue weighted by Gasteiger charge is -2.18. The summed E-state index contributed by atoms with van der Waals surface area (Å²) >= 11 is 0. The number of hydrogen-bond acceptors (Lipinski definition) is 4. The largest absolute Gasteiger partial charge is 0.354 e. The van der Waals surface area contributed by atoms with Gasteiger partial charge in [-0.2, -0.15) is 0 Å². The maximum Gasteiger partial charge on any atom is 0.251 e. The molecule has 6 nitrogen and oxygen atoms in total. The predicted octanol–water partition coefficient (Wildman–Crippen LogP) is 1.45. The molecule has 1 aliphatic rings. The van der Waals surface area contributed by atoms with Crippen LogP contribution in [0, 0.1) is 18.7 Å². The minimum absolute atomic E-state index is 0.0861. The number of benzene rings is 2. The maximum absolute atomic E-state index is 13.5. The highest BCUT2D eigenvalue weighted by molar-refractivity contribution is 5.94. The van der Waals surface area contributed by atoms with Gasteiger partial charge in [-0.05, 0) is 30.2 Å². The van der Waals surface area contributed by atoms with Gasteiger partial charge in [0, 0.05) is 25.2 Å². The molecule has 4 N–H and O–H groups in total. The average Bonchev–Trinajstić information content (AvgIpc) is 3.17. The molecule has 0 radical (unpaired) electrons. The molecule has 0 aromatic heterocycles. The predicted molar refractivity (Wildman–Crippen MR) is 100 cm³/mol. The van der Waals surface area contributed by atoms with E-state index in [2.05, 4.69) is 21.5 Å². The zero-order chi connectivity index (χ0) is 19.2. The van der Waals surface area contributed by atoms with Gasteiger partial charge >= 0.3 is 0 Å². The fraction of sp³-hybridized carbons (Fsp3) is 0.300. The summed E-state index contributed by atoms with van der Waals surface area (Å²) in [6, 6.07) is 14.0. The van der Waals surface area contributed by atoms with Crippen LogP contribution in [-0.4, -0.2) is 31.4 Å². The van der Waals surface area contributed by atoms with Gasteiger partial charge in [-0.25, -0.2) is 9.82 Å². The lowest BCUT2D eigenvalue weighted by Crippen LogP contribution is -2.39. The van der Waals surface area contributed by atoms with E-state index in [-0.39, 0.29) is 35.9 Å². The second kappa shape index (κ2) is 8.75. The van der Waals surface area contributed by atoms with Crippen LogP contribution in [0.3, 0.4) is 0 Å². The quantitative estimate of drug-likeness (QED) is 0.580. The molecule has 2 amide bonds. The topological polar surface area (TPSA) is 82.3 Å². The van der Waals surface area contributed by atoms with Crippen molar-refractivity contribution in [1.82, 2.24) is 21.5 Å². The number of rotatable bonds is 6. The van der Waals surface area contributed by atoms with Gasteiger partial charge in [0.15, 0.2) is 0 Å². The number of halogens is 1. The van der Waals surface area contributed by atoms with Gasteiger partial charge in [0.05, 0.1) is 12.0 Å². The van der Waals surface area contributed by atoms with Gasteiger partial charge in [0.2, 0.25) is 5.91 Å². The lowest BCUT2D eigenvalue weighted by molar-refractivity contribution is -0.124. The van der Waals surface area contributed by atoms with Crippen molar-refractivity contribution in [2.45, 2.75) is 13.0 Å². The summed E-state index contributed by atoms with van der Waals surface area (Å²) < 4.78 is 13.5. The molecule has 0 aliphatic carbocycles. The van der Waals surface area contributed by atoms with E-state index in [1.807, 2.05) is 30.3 Å². The van der Waals surface area contributed by atoms with Gasteiger partial charge in [-0.3, -0.25) is 15.0 Å². The first-order chi connectivity index (χ1) is 13.1. The Labute approximate surface area is 157 Å². The van der Waals surface area contributed by atoms with Crippen molar-refractivity contribution in [1.29, 1.82) is 0 Å². The van der Waals surface area contributed by atoms with Crippen LogP contribution in [-0.2, 0) is 4.79 Å². The molecule has 7 heteroatoms. The van der Waals surface area contributed by atoms with Crippen molar-refractivity contribution >= 4 is 11.8 Å². The van der Waals surface area contributed by atoms with Crippen LogP contribution < -0.4 is 21.5 Å². The molecule has 1 saturated heterocycles. The third kappa shape index (κ3) is 4.69. The number of carbonyl (C=O) groups is 2. The van der Waals surface area contributed by atoms with Crippen LogP contribution in [0.15, 0.2) is 48.5 Å². The minimum Gasteiger partial charge on any atom is -0.354 e. The number of carbonyl (C=O) groups excluding carboxylic acids is 2. The summed E-state index contributed by atoms with van der Waals surface area (Å²) in [5, 5.41) is 5.53. The van der Waals surface area contributed by atoms with E-state index >= 15 is 0 Å². The summed E-state index contributed by atoms with van der Waals surface area (Å²) in [5.41, 5.74) is 7.95. The first-order valence-corrected chi connectivity index (χ1v) is 8.91. The highest BCUT2D eigenvalue weighted by Crippen LogP contribution is 2.24. The Morgan fingerprint density at radius 2 is 1.85 bits per heavy atom. The first kappa shape index (κ1) is 19.0. The average molecular weight is 370 g/mol. The molecule has 1 fully saturated rings. The van der Waals surface area contributed by atoms with Crippen LogP contribution >= 0.6 is 0 Å². The molecule has 2 atom stereocenters. The summed E-state index contributed by atoms with van der Waals surface area (Å²) in [6.45, 7) is 2.74.